The molecule has 1 aliphatic rings. The van der Waals surface area contributed by atoms with Crippen LogP contribution in [-0.4, -0.2) is 10.1 Å². The van der Waals surface area contributed by atoms with Gasteiger partial charge in [0, 0.05) is 11.8 Å². The van der Waals surface area contributed by atoms with Crippen LogP contribution in [0.1, 0.15) is 23.1 Å². The molecule has 1 aromatic heterocycles. The molecule has 0 saturated carbocycles. The summed E-state index contributed by atoms with van der Waals surface area (Å²) in [6.07, 6.45) is 4.07. The van der Waals surface area contributed by atoms with Crippen molar-refractivity contribution in [3.63, 3.8) is 0 Å². The highest BCUT2D eigenvalue weighted by molar-refractivity contribution is 5.44. The van der Waals surface area contributed by atoms with Crippen LogP contribution in [0.3, 0.4) is 0 Å². The minimum atomic E-state index is -1.09. The molecule has 0 radical (unpaired) electrons. The van der Waals surface area contributed by atoms with E-state index < -0.39 is 11.4 Å². The molecule has 0 spiro atoms. The van der Waals surface area contributed by atoms with Gasteiger partial charge in [0.2, 0.25) is 0 Å². The lowest BCUT2D eigenvalue weighted by Gasteiger charge is -2.24. The molecule has 86 valence electrons. The molecule has 0 saturated heterocycles. The lowest BCUT2D eigenvalue weighted by Crippen LogP contribution is -2.24. The molecule has 2 nitrogen and oxygen atoms in total. The van der Waals surface area contributed by atoms with Crippen molar-refractivity contribution in [3.05, 3.63) is 65.2 Å². The van der Waals surface area contributed by atoms with Gasteiger partial charge in [-0.15, -0.1) is 0 Å². The van der Waals surface area contributed by atoms with E-state index in [2.05, 4.69) is 4.98 Å². The highest BCUT2D eigenvalue weighted by Crippen LogP contribution is 2.41. The second kappa shape index (κ2) is 3.64. The quantitative estimate of drug-likeness (QED) is 0.814. The highest BCUT2D eigenvalue weighted by Gasteiger charge is 2.38. The topological polar surface area (TPSA) is 33.1 Å². The van der Waals surface area contributed by atoms with Crippen molar-refractivity contribution in [2.24, 2.45) is 0 Å². The molecule has 1 atom stereocenters. The Labute approximate surface area is 98.8 Å². The number of aromatic nitrogens is 1. The average molecular weight is 229 g/mol. The number of aryl methyl sites for hydroxylation is 1. The summed E-state index contributed by atoms with van der Waals surface area (Å²) in [4.78, 5) is 3.81. The first-order valence-corrected chi connectivity index (χ1v) is 5.62. The van der Waals surface area contributed by atoms with Gasteiger partial charge in [-0.05, 0) is 30.0 Å². The first-order valence-electron chi connectivity index (χ1n) is 5.62. The van der Waals surface area contributed by atoms with E-state index in [1.807, 2.05) is 24.3 Å². The molecule has 1 aliphatic carbocycles. The second-order valence-corrected chi connectivity index (χ2v) is 4.41. The molecule has 0 fully saturated rings. The van der Waals surface area contributed by atoms with Crippen LogP contribution in [0.25, 0.3) is 0 Å². The molecule has 1 unspecified atom stereocenters. The standard InChI is InChI=1S/C14H12FNO/c15-12-7-11(8-16-9-12)14(17)6-5-10-3-1-2-4-13(10)14/h1-4,7-9,17H,5-6H2. The molecule has 0 aliphatic heterocycles. The lowest BCUT2D eigenvalue weighted by atomic mass is 9.89. The van der Waals surface area contributed by atoms with Crippen LogP contribution in [0.4, 0.5) is 4.39 Å². The Balaban J connectivity index is 2.15. The Hall–Kier alpha value is -1.74. The summed E-state index contributed by atoms with van der Waals surface area (Å²) >= 11 is 0. The number of fused-ring (bicyclic) bond motifs is 1. The highest BCUT2D eigenvalue weighted by atomic mass is 19.1. The zero-order valence-electron chi connectivity index (χ0n) is 9.23. The van der Waals surface area contributed by atoms with Crippen molar-refractivity contribution >= 4 is 0 Å². The molecule has 1 heterocycles. The number of benzene rings is 1. The summed E-state index contributed by atoms with van der Waals surface area (Å²) in [6, 6.07) is 9.10. The number of nitrogens with zero attached hydrogens (tertiary/aromatic N) is 1. The van der Waals surface area contributed by atoms with E-state index in [4.69, 9.17) is 0 Å². The maximum absolute atomic E-state index is 13.2. The third kappa shape index (κ3) is 1.54. The zero-order valence-corrected chi connectivity index (χ0v) is 9.23. The van der Waals surface area contributed by atoms with Crippen LogP contribution in [-0.2, 0) is 12.0 Å². The van der Waals surface area contributed by atoms with Gasteiger partial charge in [0.1, 0.15) is 11.4 Å². The number of aliphatic hydroxyl groups is 1. The number of pyridine rings is 1. The Bertz CT molecular complexity index is 570. The Morgan fingerprint density at radius 3 is 2.88 bits per heavy atom. The van der Waals surface area contributed by atoms with Crippen LogP contribution in [0.5, 0.6) is 0 Å². The Morgan fingerprint density at radius 2 is 2.06 bits per heavy atom. The monoisotopic (exact) mass is 229 g/mol. The predicted octanol–water partition coefficient (Wildman–Crippen LogP) is 2.40. The predicted molar refractivity (Wildman–Crippen MR) is 62.0 cm³/mol. The van der Waals surface area contributed by atoms with E-state index in [1.54, 1.807) is 0 Å². The smallest absolute Gasteiger partial charge is 0.141 e. The molecule has 1 aromatic carbocycles. The molecule has 0 amide bonds. The van der Waals surface area contributed by atoms with E-state index in [1.165, 1.54) is 12.3 Å². The van der Waals surface area contributed by atoms with Gasteiger partial charge < -0.3 is 5.11 Å². The third-order valence-corrected chi connectivity index (χ3v) is 3.40. The van der Waals surface area contributed by atoms with Crippen LogP contribution in [0.2, 0.25) is 0 Å². The molecular weight excluding hydrogens is 217 g/mol. The molecule has 3 heteroatoms. The summed E-state index contributed by atoms with van der Waals surface area (Å²) in [5, 5.41) is 10.7. The fourth-order valence-electron chi connectivity index (χ4n) is 2.53. The van der Waals surface area contributed by atoms with E-state index >= 15 is 0 Å². The van der Waals surface area contributed by atoms with Crippen LogP contribution in [0, 0.1) is 5.82 Å². The summed E-state index contributed by atoms with van der Waals surface area (Å²) < 4.78 is 13.2. The number of hydrogen-bond donors (Lipinski definition) is 1. The van der Waals surface area contributed by atoms with Crippen molar-refractivity contribution in [3.8, 4) is 0 Å². The number of halogens is 1. The molecule has 3 rings (SSSR count). The second-order valence-electron chi connectivity index (χ2n) is 4.41. The van der Waals surface area contributed by atoms with Crippen LogP contribution < -0.4 is 0 Å². The first-order chi connectivity index (χ1) is 8.20. The zero-order chi connectivity index (χ0) is 11.9. The van der Waals surface area contributed by atoms with E-state index in [-0.39, 0.29) is 0 Å². The van der Waals surface area contributed by atoms with Crippen molar-refractivity contribution in [2.45, 2.75) is 18.4 Å². The van der Waals surface area contributed by atoms with Gasteiger partial charge in [-0.25, -0.2) is 4.39 Å². The van der Waals surface area contributed by atoms with Gasteiger partial charge in [0.05, 0.1) is 6.20 Å². The van der Waals surface area contributed by atoms with Crippen molar-refractivity contribution in [1.82, 2.24) is 4.98 Å². The van der Waals surface area contributed by atoms with Gasteiger partial charge >= 0.3 is 0 Å². The van der Waals surface area contributed by atoms with Gasteiger partial charge in [0.25, 0.3) is 0 Å². The van der Waals surface area contributed by atoms with E-state index in [9.17, 15) is 9.50 Å². The molecular formula is C14H12FNO. The van der Waals surface area contributed by atoms with Gasteiger partial charge in [0.15, 0.2) is 0 Å². The van der Waals surface area contributed by atoms with E-state index in [0.29, 0.717) is 12.0 Å². The SMILES string of the molecule is OC1(c2cncc(F)c2)CCc2ccccc21. The van der Waals surface area contributed by atoms with Crippen LogP contribution in [0.15, 0.2) is 42.7 Å². The normalized spacial score (nSPS) is 22.5. The lowest BCUT2D eigenvalue weighted by molar-refractivity contribution is 0.0822. The maximum Gasteiger partial charge on any atom is 0.141 e. The molecule has 2 aromatic rings. The third-order valence-electron chi connectivity index (χ3n) is 3.40. The van der Waals surface area contributed by atoms with Gasteiger partial charge in [-0.1, -0.05) is 24.3 Å². The molecule has 1 N–H and O–H groups in total. The van der Waals surface area contributed by atoms with Gasteiger partial charge in [-0.2, -0.15) is 0 Å². The number of rotatable bonds is 1. The number of hydrogen-bond acceptors (Lipinski definition) is 2. The fourth-order valence-corrected chi connectivity index (χ4v) is 2.53. The average Bonchev–Trinajstić information content (AvgIpc) is 2.69. The van der Waals surface area contributed by atoms with E-state index in [0.717, 1.165) is 23.7 Å². The van der Waals surface area contributed by atoms with Crippen molar-refractivity contribution in [1.29, 1.82) is 0 Å². The minimum absolute atomic E-state index is 0.416. The Kier molecular flexibility index (Phi) is 2.23. The first kappa shape index (κ1) is 10.4. The minimum Gasteiger partial charge on any atom is -0.380 e. The summed E-state index contributed by atoms with van der Waals surface area (Å²) in [5.41, 5.74) is 1.43. The fraction of sp³-hybridized carbons (Fsp3) is 0.214. The Morgan fingerprint density at radius 1 is 1.24 bits per heavy atom. The summed E-state index contributed by atoms with van der Waals surface area (Å²) in [5.74, 6) is -0.416. The van der Waals surface area contributed by atoms with Crippen molar-refractivity contribution in [2.75, 3.05) is 0 Å². The summed E-state index contributed by atoms with van der Waals surface area (Å²) in [7, 11) is 0. The summed E-state index contributed by atoms with van der Waals surface area (Å²) in [6.45, 7) is 0. The molecule has 17 heavy (non-hydrogen) atoms. The molecule has 0 bridgehead atoms. The van der Waals surface area contributed by atoms with Crippen LogP contribution >= 0.6 is 0 Å². The largest absolute Gasteiger partial charge is 0.380 e. The van der Waals surface area contributed by atoms with Gasteiger partial charge in [-0.3, -0.25) is 4.98 Å². The maximum atomic E-state index is 13.2. The van der Waals surface area contributed by atoms with Crippen molar-refractivity contribution < 1.29 is 9.50 Å².